The van der Waals surface area contributed by atoms with Gasteiger partial charge in [-0.1, -0.05) is 12.1 Å². The zero-order valence-corrected chi connectivity index (χ0v) is 10.6. The maximum Gasteiger partial charge on any atom is 0.264 e. The number of halogens is 1. The van der Waals surface area contributed by atoms with Crippen LogP contribution in [0.25, 0.3) is 5.57 Å². The zero-order valence-electron chi connectivity index (χ0n) is 9.84. The van der Waals surface area contributed by atoms with Gasteiger partial charge in [0, 0.05) is 5.56 Å². The molecule has 0 saturated heterocycles. The molecule has 0 aromatic heterocycles. The highest BCUT2D eigenvalue weighted by Gasteiger charge is 2.25. The molecule has 0 atom stereocenters. The maximum absolute atomic E-state index is 11.2. The third-order valence-electron chi connectivity index (χ3n) is 3.15. The second-order valence-electron chi connectivity index (χ2n) is 4.55. The zero-order chi connectivity index (χ0) is 12.6. The van der Waals surface area contributed by atoms with Crippen LogP contribution in [0.5, 0.6) is 0 Å². The number of rotatable bonds is 3. The van der Waals surface area contributed by atoms with Crippen LogP contribution in [0.3, 0.4) is 0 Å². The highest BCUT2D eigenvalue weighted by Crippen LogP contribution is 2.41. The molecule has 0 aliphatic heterocycles. The molecule has 1 aliphatic carbocycles. The second kappa shape index (κ2) is 4.48. The molecule has 0 amide bonds. The Kier molecular flexibility index (Phi) is 3.19. The summed E-state index contributed by atoms with van der Waals surface area (Å²) in [6.45, 7) is 3.79. The summed E-state index contributed by atoms with van der Waals surface area (Å²) in [5.74, 6) is 2.30. The molecule has 1 saturated carbocycles. The lowest BCUT2D eigenvalue weighted by Gasteiger charge is -2.11. The van der Waals surface area contributed by atoms with Crippen molar-refractivity contribution in [1.29, 1.82) is 0 Å². The molecule has 88 valence electrons. The van der Waals surface area contributed by atoms with E-state index in [2.05, 4.69) is 0 Å². The van der Waals surface area contributed by atoms with Crippen LogP contribution in [-0.2, 0) is 9.59 Å². The van der Waals surface area contributed by atoms with Gasteiger partial charge in [0.2, 0.25) is 0 Å². The summed E-state index contributed by atoms with van der Waals surface area (Å²) in [5.41, 5.74) is 3.68. The summed E-state index contributed by atoms with van der Waals surface area (Å²) in [6, 6.07) is 4.08. The van der Waals surface area contributed by atoms with E-state index in [0.29, 0.717) is 11.5 Å². The molecule has 1 aromatic rings. The van der Waals surface area contributed by atoms with Gasteiger partial charge in [0.15, 0.2) is 0 Å². The smallest absolute Gasteiger partial charge is 0.264 e. The Balaban J connectivity index is 2.54. The lowest BCUT2D eigenvalue weighted by Crippen LogP contribution is -2.01. The normalized spacial score (nSPS) is 14.3. The predicted octanol–water partition coefficient (Wildman–Crippen LogP) is 3.16. The SMILES string of the molecule is Cc1cc(C2CC2)cc(C)c1C(=C=O)C(=O)Cl. The summed E-state index contributed by atoms with van der Waals surface area (Å²) in [4.78, 5) is 22.0. The molecular formula is C14H13ClO2. The van der Waals surface area contributed by atoms with Gasteiger partial charge in [-0.2, -0.15) is 0 Å². The fraction of sp³-hybridized carbons (Fsp3) is 0.357. The third kappa shape index (κ3) is 2.33. The third-order valence-corrected chi connectivity index (χ3v) is 3.34. The van der Waals surface area contributed by atoms with E-state index in [9.17, 15) is 9.59 Å². The van der Waals surface area contributed by atoms with Crippen LogP contribution in [0.15, 0.2) is 12.1 Å². The number of aryl methyl sites for hydroxylation is 2. The Labute approximate surface area is 105 Å². The minimum absolute atomic E-state index is 0.0657. The van der Waals surface area contributed by atoms with Crippen LogP contribution < -0.4 is 0 Å². The molecule has 3 heteroatoms. The Hall–Kier alpha value is -1.37. The number of hydrogen-bond acceptors (Lipinski definition) is 2. The summed E-state index contributed by atoms with van der Waals surface area (Å²) in [5, 5.41) is -0.745. The number of carbonyl (C=O) groups is 1. The van der Waals surface area contributed by atoms with Crippen LogP contribution in [0.1, 0.15) is 41.0 Å². The van der Waals surface area contributed by atoms with E-state index < -0.39 is 5.24 Å². The van der Waals surface area contributed by atoms with Crippen molar-refractivity contribution in [1.82, 2.24) is 0 Å². The molecule has 0 heterocycles. The number of carbonyl (C=O) groups excluding carboxylic acids is 2. The van der Waals surface area contributed by atoms with Crippen molar-refractivity contribution in [3.05, 3.63) is 34.4 Å². The standard InChI is InChI=1S/C14H13ClO2/c1-8-5-11(10-3-4-10)6-9(2)13(8)12(7-16)14(15)17/h5-6,10H,3-4H2,1-2H3. The van der Waals surface area contributed by atoms with Crippen molar-refractivity contribution in [3.63, 3.8) is 0 Å². The van der Waals surface area contributed by atoms with Crippen LogP contribution in [-0.4, -0.2) is 11.2 Å². The highest BCUT2D eigenvalue weighted by molar-refractivity contribution is 6.75. The van der Waals surface area contributed by atoms with Gasteiger partial charge in [0.05, 0.1) is 0 Å². The van der Waals surface area contributed by atoms with Gasteiger partial charge >= 0.3 is 0 Å². The predicted molar refractivity (Wildman–Crippen MR) is 67.9 cm³/mol. The van der Waals surface area contributed by atoms with E-state index in [4.69, 9.17) is 11.6 Å². The van der Waals surface area contributed by atoms with E-state index in [1.165, 1.54) is 18.4 Å². The van der Waals surface area contributed by atoms with Crippen LogP contribution in [0.4, 0.5) is 0 Å². The molecular weight excluding hydrogens is 236 g/mol. The average Bonchev–Trinajstić information content (AvgIpc) is 3.05. The first-order chi connectivity index (χ1) is 8.04. The van der Waals surface area contributed by atoms with Crippen LogP contribution in [0.2, 0.25) is 0 Å². The molecule has 0 N–H and O–H groups in total. The largest absolute Gasteiger partial charge is 0.275 e. The van der Waals surface area contributed by atoms with Crippen molar-refractivity contribution in [2.45, 2.75) is 32.6 Å². The molecule has 0 unspecified atom stereocenters. The fourth-order valence-electron chi connectivity index (χ4n) is 2.23. The topological polar surface area (TPSA) is 34.1 Å². The fourth-order valence-corrected chi connectivity index (χ4v) is 2.37. The van der Waals surface area contributed by atoms with Crippen LogP contribution in [0, 0.1) is 13.8 Å². The Morgan fingerprint density at radius 3 is 2.18 bits per heavy atom. The molecule has 1 aliphatic rings. The van der Waals surface area contributed by atoms with Crippen molar-refractivity contribution in [3.8, 4) is 0 Å². The molecule has 0 bridgehead atoms. The van der Waals surface area contributed by atoms with E-state index in [1.807, 2.05) is 26.0 Å². The second-order valence-corrected chi connectivity index (χ2v) is 4.90. The van der Waals surface area contributed by atoms with Gasteiger partial charge in [-0.25, -0.2) is 4.79 Å². The first kappa shape index (κ1) is 12.1. The summed E-state index contributed by atoms with van der Waals surface area (Å²) in [7, 11) is 0. The van der Waals surface area contributed by atoms with Gasteiger partial charge < -0.3 is 0 Å². The van der Waals surface area contributed by atoms with E-state index >= 15 is 0 Å². The minimum Gasteiger partial charge on any atom is -0.275 e. The number of allylic oxidation sites excluding steroid dienone is 1. The Morgan fingerprint density at radius 2 is 1.82 bits per heavy atom. The summed E-state index contributed by atoms with van der Waals surface area (Å²) in [6.07, 6.45) is 2.45. The monoisotopic (exact) mass is 248 g/mol. The minimum atomic E-state index is -0.745. The van der Waals surface area contributed by atoms with E-state index in [1.54, 1.807) is 5.94 Å². The Morgan fingerprint density at radius 1 is 1.29 bits per heavy atom. The molecule has 2 nitrogen and oxygen atoms in total. The molecule has 17 heavy (non-hydrogen) atoms. The van der Waals surface area contributed by atoms with Gasteiger partial charge in [0.1, 0.15) is 11.5 Å². The summed E-state index contributed by atoms with van der Waals surface area (Å²) < 4.78 is 0. The molecule has 2 rings (SSSR count). The van der Waals surface area contributed by atoms with Crippen LogP contribution >= 0.6 is 11.6 Å². The quantitative estimate of drug-likeness (QED) is 0.468. The maximum atomic E-state index is 11.2. The highest BCUT2D eigenvalue weighted by atomic mass is 35.5. The van der Waals surface area contributed by atoms with Gasteiger partial charge in [0.25, 0.3) is 5.24 Å². The summed E-state index contributed by atoms with van der Waals surface area (Å²) >= 11 is 5.40. The first-order valence-corrected chi connectivity index (χ1v) is 5.99. The van der Waals surface area contributed by atoms with Gasteiger partial charge in [-0.15, -0.1) is 0 Å². The van der Waals surface area contributed by atoms with Crippen molar-refractivity contribution in [2.75, 3.05) is 0 Å². The molecule has 0 spiro atoms. The average molecular weight is 249 g/mol. The van der Waals surface area contributed by atoms with Gasteiger partial charge in [-0.05, 0) is 60.9 Å². The molecule has 0 radical (unpaired) electrons. The first-order valence-electron chi connectivity index (χ1n) is 5.61. The lowest BCUT2D eigenvalue weighted by atomic mass is 9.93. The van der Waals surface area contributed by atoms with E-state index in [-0.39, 0.29) is 5.57 Å². The Bertz CT molecular complexity index is 512. The molecule has 1 fully saturated rings. The number of hydrogen-bond donors (Lipinski definition) is 0. The van der Waals surface area contributed by atoms with Gasteiger partial charge in [-0.3, -0.25) is 4.79 Å². The lowest BCUT2D eigenvalue weighted by molar-refractivity contribution is -0.106. The van der Waals surface area contributed by atoms with E-state index in [0.717, 1.165) is 11.1 Å². The van der Waals surface area contributed by atoms with Crippen molar-refractivity contribution < 1.29 is 9.59 Å². The molecule has 1 aromatic carbocycles. The van der Waals surface area contributed by atoms with Crippen molar-refractivity contribution in [2.24, 2.45) is 0 Å². The van der Waals surface area contributed by atoms with Crippen molar-refractivity contribution >= 4 is 28.4 Å². The number of benzene rings is 1.